The minimum Gasteiger partial charge on any atom is -0.481 e. The predicted molar refractivity (Wildman–Crippen MR) is 84.2 cm³/mol. The molecule has 7 heteroatoms. The van der Waals surface area contributed by atoms with Crippen molar-refractivity contribution in [2.45, 2.75) is 36.3 Å². The normalized spacial score (nSPS) is 10.3. The molecule has 1 aromatic rings. The maximum absolute atomic E-state index is 11.8. The maximum Gasteiger partial charge on any atom is 0.303 e. The van der Waals surface area contributed by atoms with Crippen LogP contribution in [-0.2, 0) is 20.2 Å². The van der Waals surface area contributed by atoms with Crippen molar-refractivity contribution in [2.24, 2.45) is 0 Å². The number of hydrogen-bond acceptors (Lipinski definition) is 3. The molecule has 1 amide bonds. The Bertz CT molecular complexity index is 458. The number of nitrogens with one attached hydrogen (secondary N) is 1. The summed E-state index contributed by atoms with van der Waals surface area (Å²) < 4.78 is 0. The molecule has 0 bridgehead atoms. The molecule has 0 saturated heterocycles. The second kappa shape index (κ2) is 9.07. The van der Waals surface area contributed by atoms with E-state index in [0.29, 0.717) is 35.6 Å². The van der Waals surface area contributed by atoms with Gasteiger partial charge in [-0.25, -0.2) is 0 Å². The van der Waals surface area contributed by atoms with Crippen LogP contribution in [0.2, 0.25) is 0 Å². The summed E-state index contributed by atoms with van der Waals surface area (Å²) in [5.74, 6) is -0.939. The lowest BCUT2D eigenvalue weighted by atomic mass is 10.2. The van der Waals surface area contributed by atoms with Crippen LogP contribution in [0.5, 0.6) is 0 Å². The van der Waals surface area contributed by atoms with Crippen molar-refractivity contribution >= 4 is 49.4 Å². The quantitative estimate of drug-likeness (QED) is 0.510. The Balaban J connectivity index is 2.50. The van der Waals surface area contributed by atoms with Crippen LogP contribution in [0.4, 0.5) is 5.69 Å². The fraction of sp³-hybridized carbons (Fsp3) is 0.462. The molecule has 0 saturated carbocycles. The van der Waals surface area contributed by atoms with Crippen molar-refractivity contribution in [1.82, 2.24) is 4.98 Å². The van der Waals surface area contributed by atoms with E-state index in [9.17, 15) is 9.59 Å². The van der Waals surface area contributed by atoms with Crippen molar-refractivity contribution in [1.29, 1.82) is 0 Å². The van der Waals surface area contributed by atoms with Crippen molar-refractivity contribution < 1.29 is 14.7 Å². The van der Waals surface area contributed by atoms with Gasteiger partial charge in [-0.1, -0.05) is 31.9 Å². The maximum atomic E-state index is 11.8. The minimum absolute atomic E-state index is 0.101. The highest BCUT2D eigenvalue weighted by molar-refractivity contribution is 9.08. The molecule has 2 N–H and O–H groups in total. The Labute approximate surface area is 134 Å². The molecule has 0 aliphatic rings. The summed E-state index contributed by atoms with van der Waals surface area (Å²) in [7, 11) is 0. The van der Waals surface area contributed by atoms with E-state index < -0.39 is 5.97 Å². The number of anilines is 1. The van der Waals surface area contributed by atoms with Crippen molar-refractivity contribution in [3.8, 4) is 0 Å². The first-order chi connectivity index (χ1) is 9.55. The van der Waals surface area contributed by atoms with Crippen LogP contribution in [0.3, 0.4) is 0 Å². The third-order valence-electron chi connectivity index (χ3n) is 2.53. The molecular weight excluding hydrogens is 392 g/mol. The molecule has 1 aromatic heterocycles. The number of aliphatic carboxylic acids is 1. The van der Waals surface area contributed by atoms with Gasteiger partial charge in [0, 0.05) is 29.2 Å². The standard InChI is InChI=1S/C13H16Br2N2O3/c14-7-10-5-9(6-11(8-15)16-10)17-12(18)3-1-2-4-13(19)20/h5-6H,1-4,7-8H2,(H,19,20)(H,16,17,18). The highest BCUT2D eigenvalue weighted by Crippen LogP contribution is 2.16. The van der Waals surface area contributed by atoms with Crippen LogP contribution in [0.1, 0.15) is 37.1 Å². The fourth-order valence-electron chi connectivity index (χ4n) is 1.64. The molecule has 0 aliphatic carbocycles. The lowest BCUT2D eigenvalue weighted by Gasteiger charge is -2.08. The number of hydrogen-bond donors (Lipinski definition) is 2. The van der Waals surface area contributed by atoms with Gasteiger partial charge in [0.15, 0.2) is 0 Å². The SMILES string of the molecule is O=C(O)CCCCC(=O)Nc1cc(CBr)nc(CBr)c1. The predicted octanol–water partition coefficient (Wildman–Crippen LogP) is 3.45. The number of rotatable bonds is 8. The summed E-state index contributed by atoms with van der Waals surface area (Å²) in [6, 6.07) is 3.63. The molecule has 1 heterocycles. The Kier molecular flexibility index (Phi) is 7.76. The summed E-state index contributed by atoms with van der Waals surface area (Å²) in [4.78, 5) is 26.5. The van der Waals surface area contributed by atoms with Gasteiger partial charge in [0.1, 0.15) is 0 Å². The van der Waals surface area contributed by atoms with E-state index in [2.05, 4.69) is 42.2 Å². The first-order valence-corrected chi connectivity index (χ1v) is 8.43. The number of pyridine rings is 1. The van der Waals surface area contributed by atoms with Gasteiger partial charge in [-0.05, 0) is 25.0 Å². The van der Waals surface area contributed by atoms with Crippen molar-refractivity contribution in [2.75, 3.05) is 5.32 Å². The van der Waals surface area contributed by atoms with E-state index in [1.807, 2.05) is 12.1 Å². The lowest BCUT2D eigenvalue weighted by molar-refractivity contribution is -0.137. The number of carboxylic acid groups (broad SMARTS) is 1. The molecule has 0 unspecified atom stereocenters. The first kappa shape index (κ1) is 17.1. The van der Waals surface area contributed by atoms with Crippen LogP contribution in [0, 0.1) is 0 Å². The average molecular weight is 408 g/mol. The number of unbranched alkanes of at least 4 members (excludes halogenated alkanes) is 1. The monoisotopic (exact) mass is 406 g/mol. The van der Waals surface area contributed by atoms with Crippen molar-refractivity contribution in [3.63, 3.8) is 0 Å². The minimum atomic E-state index is -0.830. The molecule has 0 spiro atoms. The third-order valence-corrected chi connectivity index (χ3v) is 3.68. The zero-order valence-electron chi connectivity index (χ0n) is 10.9. The molecular formula is C13H16Br2N2O3. The Hall–Kier alpha value is -0.950. The third kappa shape index (κ3) is 6.47. The molecule has 110 valence electrons. The Morgan fingerprint density at radius 1 is 1.10 bits per heavy atom. The van der Waals surface area contributed by atoms with Crippen molar-refractivity contribution in [3.05, 3.63) is 23.5 Å². The highest BCUT2D eigenvalue weighted by Gasteiger charge is 2.06. The van der Waals surface area contributed by atoms with Crippen LogP contribution in [0.25, 0.3) is 0 Å². The number of carbonyl (C=O) groups is 2. The molecule has 0 aliphatic heterocycles. The lowest BCUT2D eigenvalue weighted by Crippen LogP contribution is -2.12. The number of nitrogens with zero attached hydrogens (tertiary/aromatic N) is 1. The van der Waals surface area contributed by atoms with E-state index in [0.717, 1.165) is 11.4 Å². The smallest absolute Gasteiger partial charge is 0.303 e. The van der Waals surface area contributed by atoms with Gasteiger partial charge in [0.05, 0.1) is 11.4 Å². The zero-order valence-corrected chi connectivity index (χ0v) is 14.0. The first-order valence-electron chi connectivity index (χ1n) is 6.18. The largest absolute Gasteiger partial charge is 0.481 e. The van der Waals surface area contributed by atoms with E-state index in [1.165, 1.54) is 0 Å². The average Bonchev–Trinajstić information content (AvgIpc) is 2.42. The van der Waals surface area contributed by atoms with Gasteiger partial charge in [-0.3, -0.25) is 14.6 Å². The summed E-state index contributed by atoms with van der Waals surface area (Å²) in [5.41, 5.74) is 2.42. The second-order valence-electron chi connectivity index (χ2n) is 4.25. The van der Waals surface area contributed by atoms with Gasteiger partial charge in [-0.2, -0.15) is 0 Å². The van der Waals surface area contributed by atoms with Crippen LogP contribution in [-0.4, -0.2) is 22.0 Å². The van der Waals surface area contributed by atoms with E-state index in [1.54, 1.807) is 0 Å². The van der Waals surface area contributed by atoms with E-state index >= 15 is 0 Å². The summed E-state index contributed by atoms with van der Waals surface area (Å²) >= 11 is 6.68. The Morgan fingerprint density at radius 3 is 2.15 bits per heavy atom. The molecule has 0 aromatic carbocycles. The molecule has 0 radical (unpaired) electrons. The van der Waals surface area contributed by atoms with E-state index in [-0.39, 0.29) is 12.3 Å². The number of aromatic nitrogens is 1. The van der Waals surface area contributed by atoms with Crippen LogP contribution in [0.15, 0.2) is 12.1 Å². The molecule has 20 heavy (non-hydrogen) atoms. The van der Waals surface area contributed by atoms with Gasteiger partial charge in [0.25, 0.3) is 0 Å². The van der Waals surface area contributed by atoms with Gasteiger partial charge in [0.2, 0.25) is 5.91 Å². The topological polar surface area (TPSA) is 79.3 Å². The summed E-state index contributed by atoms with van der Waals surface area (Å²) in [6.45, 7) is 0. The molecule has 1 rings (SSSR count). The van der Waals surface area contributed by atoms with E-state index in [4.69, 9.17) is 5.11 Å². The Morgan fingerprint density at radius 2 is 1.65 bits per heavy atom. The van der Waals surface area contributed by atoms with Gasteiger partial charge < -0.3 is 10.4 Å². The van der Waals surface area contributed by atoms with Crippen LogP contribution < -0.4 is 5.32 Å². The van der Waals surface area contributed by atoms with Gasteiger partial charge in [-0.15, -0.1) is 0 Å². The number of alkyl halides is 2. The molecule has 5 nitrogen and oxygen atoms in total. The second-order valence-corrected chi connectivity index (χ2v) is 5.38. The highest BCUT2D eigenvalue weighted by atomic mass is 79.9. The number of halogens is 2. The number of carbonyl (C=O) groups excluding carboxylic acids is 1. The van der Waals surface area contributed by atoms with Crippen LogP contribution >= 0.6 is 31.9 Å². The number of carboxylic acids is 1. The summed E-state index contributed by atoms with van der Waals surface area (Å²) in [6.07, 6.45) is 1.51. The molecule has 0 fully saturated rings. The summed E-state index contributed by atoms with van der Waals surface area (Å²) in [5, 5.41) is 12.6. The fourth-order valence-corrected chi connectivity index (χ4v) is 2.22. The van der Waals surface area contributed by atoms with Gasteiger partial charge >= 0.3 is 5.97 Å². The molecule has 0 atom stereocenters. The zero-order chi connectivity index (χ0) is 15.0. The number of amides is 1.